The van der Waals surface area contributed by atoms with E-state index in [1.165, 1.54) is 0 Å². The van der Waals surface area contributed by atoms with Gasteiger partial charge in [0, 0.05) is 16.5 Å². The van der Waals surface area contributed by atoms with Crippen LogP contribution in [0.15, 0.2) is 61.2 Å². The lowest BCUT2D eigenvalue weighted by atomic mass is 9.89. The van der Waals surface area contributed by atoms with E-state index in [0.717, 1.165) is 24.0 Å². The van der Waals surface area contributed by atoms with Crippen LogP contribution in [0.2, 0.25) is 10.0 Å². The molecule has 2 aromatic rings. The summed E-state index contributed by atoms with van der Waals surface area (Å²) >= 11 is 12.5. The third kappa shape index (κ3) is 5.11. The van der Waals surface area contributed by atoms with Crippen molar-refractivity contribution in [1.82, 2.24) is 4.90 Å². The maximum absolute atomic E-state index is 13.8. The Labute approximate surface area is 204 Å². The van der Waals surface area contributed by atoms with Crippen LogP contribution in [0.4, 0.5) is 0 Å². The maximum atomic E-state index is 13.8. The second-order valence-corrected chi connectivity index (χ2v) is 9.27. The summed E-state index contributed by atoms with van der Waals surface area (Å²) in [7, 11) is 0. The van der Waals surface area contributed by atoms with Crippen LogP contribution in [0, 0.1) is 5.92 Å². The number of amides is 1. The number of carbonyl (C=O) groups excluding carboxylic acids is 2. The Morgan fingerprint density at radius 3 is 2.52 bits per heavy atom. The molecular formula is C26H27Cl2NO4. The first-order valence-electron chi connectivity index (χ1n) is 11.2. The molecule has 1 aliphatic heterocycles. The van der Waals surface area contributed by atoms with Gasteiger partial charge in [-0.25, -0.2) is 4.79 Å². The van der Waals surface area contributed by atoms with Gasteiger partial charge >= 0.3 is 5.97 Å². The van der Waals surface area contributed by atoms with Gasteiger partial charge in [-0.05, 0) is 61.1 Å². The minimum atomic E-state index is -0.759. The summed E-state index contributed by atoms with van der Waals surface area (Å²) < 4.78 is 11.8. The summed E-state index contributed by atoms with van der Waals surface area (Å²) in [4.78, 5) is 28.6. The van der Waals surface area contributed by atoms with Crippen molar-refractivity contribution in [3.63, 3.8) is 0 Å². The Morgan fingerprint density at radius 2 is 1.91 bits per heavy atom. The van der Waals surface area contributed by atoms with Gasteiger partial charge in [0.15, 0.2) is 0 Å². The molecule has 1 saturated carbocycles. The molecule has 0 aromatic heterocycles. The van der Waals surface area contributed by atoms with Gasteiger partial charge in [0.25, 0.3) is 5.91 Å². The van der Waals surface area contributed by atoms with Crippen LogP contribution >= 0.6 is 23.2 Å². The number of halogens is 2. The van der Waals surface area contributed by atoms with Crippen LogP contribution in [-0.2, 0) is 19.1 Å². The molecule has 0 spiro atoms. The average molecular weight is 488 g/mol. The molecule has 1 amide bonds. The molecule has 1 heterocycles. The van der Waals surface area contributed by atoms with Gasteiger partial charge in [-0.3, -0.25) is 4.79 Å². The highest BCUT2D eigenvalue weighted by molar-refractivity contribution is 6.30. The molecule has 0 bridgehead atoms. The fraction of sp³-hybridized carbons (Fsp3) is 0.385. The Bertz CT molecular complexity index is 1020. The van der Waals surface area contributed by atoms with Gasteiger partial charge in [-0.15, -0.1) is 6.58 Å². The molecule has 0 radical (unpaired) electrons. The number of hydrogen-bond donors (Lipinski definition) is 0. The fourth-order valence-corrected chi connectivity index (χ4v) is 4.81. The van der Waals surface area contributed by atoms with Gasteiger partial charge in [0.05, 0.1) is 12.6 Å². The third-order valence-electron chi connectivity index (χ3n) is 6.09. The first kappa shape index (κ1) is 23.8. The Morgan fingerprint density at radius 1 is 1.18 bits per heavy atom. The van der Waals surface area contributed by atoms with E-state index in [0.29, 0.717) is 16.5 Å². The zero-order valence-electron chi connectivity index (χ0n) is 18.5. The normalized spacial score (nSPS) is 23.8. The molecule has 0 N–H and O–H groups in total. The highest BCUT2D eigenvalue weighted by Gasteiger charge is 2.52. The van der Waals surface area contributed by atoms with Crippen LogP contribution in [0.25, 0.3) is 0 Å². The quantitative estimate of drug-likeness (QED) is 0.342. The van der Waals surface area contributed by atoms with E-state index < -0.39 is 24.3 Å². The van der Waals surface area contributed by atoms with Gasteiger partial charge in [-0.1, -0.05) is 53.5 Å². The number of esters is 1. The summed E-state index contributed by atoms with van der Waals surface area (Å²) in [6, 6.07) is 13.5. The monoisotopic (exact) mass is 487 g/mol. The summed E-state index contributed by atoms with van der Waals surface area (Å²) in [5, 5.41) is 1.15. The number of hydrogen-bond acceptors (Lipinski definition) is 4. The van der Waals surface area contributed by atoms with E-state index in [1.54, 1.807) is 36.1 Å². The van der Waals surface area contributed by atoms with Crippen molar-refractivity contribution < 1.29 is 19.1 Å². The molecular weight excluding hydrogens is 461 g/mol. The zero-order valence-corrected chi connectivity index (χ0v) is 20.0. The zero-order chi connectivity index (χ0) is 23.5. The van der Waals surface area contributed by atoms with Gasteiger partial charge in [0.1, 0.15) is 18.2 Å². The van der Waals surface area contributed by atoms with Crippen molar-refractivity contribution in [1.29, 1.82) is 0 Å². The first-order valence-corrected chi connectivity index (χ1v) is 12.0. The van der Waals surface area contributed by atoms with Crippen molar-refractivity contribution >= 4 is 35.1 Å². The molecule has 2 fully saturated rings. The molecule has 4 rings (SSSR count). The van der Waals surface area contributed by atoms with Gasteiger partial charge in [0.2, 0.25) is 0 Å². The van der Waals surface area contributed by atoms with Crippen molar-refractivity contribution in [2.45, 2.75) is 50.5 Å². The van der Waals surface area contributed by atoms with Gasteiger partial charge in [-0.2, -0.15) is 0 Å². The van der Waals surface area contributed by atoms with Crippen LogP contribution in [-0.4, -0.2) is 35.5 Å². The number of ether oxygens (including phenoxy) is 2. The molecule has 174 valence electrons. The lowest BCUT2D eigenvalue weighted by Gasteiger charge is -2.47. The molecule has 4 atom stereocenters. The SMILES string of the molecule is C=CC[C@@H]1O[C@@H](c2cccc(Cl)c2)[C@@H](c2ccc(Cl)cc2)N([C@H](C(=O)OCC)C2CC2)C1=O. The third-order valence-corrected chi connectivity index (χ3v) is 6.58. The first-order chi connectivity index (χ1) is 15.9. The highest BCUT2D eigenvalue weighted by atomic mass is 35.5. The predicted octanol–water partition coefficient (Wildman–Crippen LogP) is 5.92. The Hall–Kier alpha value is -2.34. The summed E-state index contributed by atoms with van der Waals surface area (Å²) in [5.41, 5.74) is 1.65. The van der Waals surface area contributed by atoms with Crippen LogP contribution in [0.5, 0.6) is 0 Å². The largest absolute Gasteiger partial charge is 0.464 e. The Kier molecular flexibility index (Phi) is 7.42. The second-order valence-electron chi connectivity index (χ2n) is 8.40. The lowest BCUT2D eigenvalue weighted by molar-refractivity contribution is -0.186. The number of rotatable bonds is 8. The smallest absolute Gasteiger partial charge is 0.329 e. The fourth-order valence-electron chi connectivity index (χ4n) is 4.49. The van der Waals surface area contributed by atoms with E-state index in [4.69, 9.17) is 32.7 Å². The number of morpholine rings is 1. The molecule has 1 aliphatic carbocycles. The summed E-state index contributed by atoms with van der Waals surface area (Å²) in [6.07, 6.45) is 2.44. The van der Waals surface area contributed by atoms with Crippen LogP contribution in [0.1, 0.15) is 49.5 Å². The van der Waals surface area contributed by atoms with E-state index in [1.807, 2.05) is 30.3 Å². The summed E-state index contributed by atoms with van der Waals surface area (Å²) in [6.45, 7) is 5.81. The standard InChI is InChI=1S/C26H27Cl2NO4/c1-3-6-21-25(30)29(23(17-9-10-17)26(31)32-4-2)22(16-11-13-19(27)14-12-16)24(33-21)18-7-5-8-20(28)15-18/h3,5,7-8,11-15,17,21-24H,1,4,6,9-10H2,2H3/t21-,22+,23-,24-/m0/s1. The second kappa shape index (κ2) is 10.3. The molecule has 33 heavy (non-hydrogen) atoms. The molecule has 7 heteroatoms. The van der Waals surface area contributed by atoms with Crippen molar-refractivity contribution in [2.24, 2.45) is 5.92 Å². The number of nitrogens with zero attached hydrogens (tertiary/aromatic N) is 1. The van der Waals surface area contributed by atoms with Crippen LogP contribution < -0.4 is 0 Å². The number of benzene rings is 2. The predicted molar refractivity (Wildman–Crippen MR) is 128 cm³/mol. The minimum absolute atomic E-state index is 0.0605. The molecule has 1 saturated heterocycles. The van der Waals surface area contributed by atoms with E-state index in [-0.39, 0.29) is 24.4 Å². The van der Waals surface area contributed by atoms with E-state index in [9.17, 15) is 9.59 Å². The highest BCUT2D eigenvalue weighted by Crippen LogP contribution is 2.48. The average Bonchev–Trinajstić information content (AvgIpc) is 3.62. The van der Waals surface area contributed by atoms with Crippen molar-refractivity contribution in [2.75, 3.05) is 6.61 Å². The molecule has 5 nitrogen and oxygen atoms in total. The molecule has 0 unspecified atom stereocenters. The van der Waals surface area contributed by atoms with Crippen molar-refractivity contribution in [3.05, 3.63) is 82.4 Å². The van der Waals surface area contributed by atoms with E-state index >= 15 is 0 Å². The van der Waals surface area contributed by atoms with E-state index in [2.05, 4.69) is 6.58 Å². The Balaban J connectivity index is 1.87. The van der Waals surface area contributed by atoms with Crippen LogP contribution in [0.3, 0.4) is 0 Å². The minimum Gasteiger partial charge on any atom is -0.464 e. The van der Waals surface area contributed by atoms with Crippen molar-refractivity contribution in [3.8, 4) is 0 Å². The number of carbonyl (C=O) groups is 2. The lowest BCUT2D eigenvalue weighted by Crippen LogP contribution is -2.57. The molecule has 2 aliphatic rings. The maximum Gasteiger partial charge on any atom is 0.329 e. The van der Waals surface area contributed by atoms with Gasteiger partial charge < -0.3 is 14.4 Å². The summed E-state index contributed by atoms with van der Waals surface area (Å²) in [5.74, 6) is -0.556. The topological polar surface area (TPSA) is 55.8 Å². The molecule has 2 aromatic carbocycles.